The summed E-state index contributed by atoms with van der Waals surface area (Å²) in [5, 5.41) is 0.716. The molecular formula is C20H19Cl4NO3. The second-order valence-electron chi connectivity index (χ2n) is 5.45. The summed E-state index contributed by atoms with van der Waals surface area (Å²) in [6, 6.07) is 13.1. The van der Waals surface area contributed by atoms with E-state index in [0.717, 1.165) is 5.56 Å². The SMILES string of the molecule is ClC(Cl)=CCOc1cc(Cl)c(OCCC=CNOCc2ccccc2)c(Cl)c1. The molecule has 0 saturated carbocycles. The lowest BCUT2D eigenvalue weighted by Crippen LogP contribution is -2.06. The molecule has 4 nitrogen and oxygen atoms in total. The fourth-order valence-electron chi connectivity index (χ4n) is 2.07. The van der Waals surface area contributed by atoms with Gasteiger partial charge in [-0.3, -0.25) is 10.3 Å². The van der Waals surface area contributed by atoms with Crippen LogP contribution in [-0.4, -0.2) is 13.2 Å². The monoisotopic (exact) mass is 461 g/mol. The molecule has 0 spiro atoms. The van der Waals surface area contributed by atoms with E-state index in [2.05, 4.69) is 5.48 Å². The molecule has 0 aliphatic heterocycles. The van der Waals surface area contributed by atoms with Crippen LogP contribution in [0.4, 0.5) is 0 Å². The average Bonchev–Trinajstić information content (AvgIpc) is 2.66. The molecule has 0 aliphatic rings. The molecule has 8 heteroatoms. The van der Waals surface area contributed by atoms with Gasteiger partial charge in [-0.25, -0.2) is 0 Å². The van der Waals surface area contributed by atoms with E-state index in [9.17, 15) is 0 Å². The van der Waals surface area contributed by atoms with Crippen LogP contribution in [0.3, 0.4) is 0 Å². The Labute approximate surface area is 184 Å². The van der Waals surface area contributed by atoms with Crippen LogP contribution in [0.5, 0.6) is 11.5 Å². The molecule has 2 rings (SSSR count). The summed E-state index contributed by atoms with van der Waals surface area (Å²) >= 11 is 23.5. The third kappa shape index (κ3) is 8.63. The molecule has 0 heterocycles. The lowest BCUT2D eigenvalue weighted by atomic mass is 10.2. The van der Waals surface area contributed by atoms with Crippen molar-refractivity contribution in [2.24, 2.45) is 0 Å². The maximum Gasteiger partial charge on any atom is 0.156 e. The van der Waals surface area contributed by atoms with Crippen molar-refractivity contribution < 1.29 is 14.3 Å². The predicted molar refractivity (Wildman–Crippen MR) is 115 cm³/mol. The van der Waals surface area contributed by atoms with Crippen LogP contribution in [-0.2, 0) is 11.4 Å². The Kier molecular flexibility index (Phi) is 10.4. The van der Waals surface area contributed by atoms with Gasteiger partial charge >= 0.3 is 0 Å². The lowest BCUT2D eigenvalue weighted by Gasteiger charge is -2.11. The van der Waals surface area contributed by atoms with Gasteiger partial charge in [0.25, 0.3) is 0 Å². The van der Waals surface area contributed by atoms with E-state index >= 15 is 0 Å². The third-order valence-corrected chi connectivity index (χ3v) is 4.21. The maximum atomic E-state index is 6.21. The van der Waals surface area contributed by atoms with E-state index in [4.69, 9.17) is 60.7 Å². The van der Waals surface area contributed by atoms with Crippen molar-refractivity contribution in [3.8, 4) is 11.5 Å². The van der Waals surface area contributed by atoms with Gasteiger partial charge in [0.15, 0.2) is 5.75 Å². The van der Waals surface area contributed by atoms with E-state index in [1.54, 1.807) is 18.3 Å². The summed E-state index contributed by atoms with van der Waals surface area (Å²) in [6.45, 7) is 1.09. The van der Waals surface area contributed by atoms with Gasteiger partial charge in [-0.2, -0.15) is 0 Å². The molecule has 0 amide bonds. The quantitative estimate of drug-likeness (QED) is 0.298. The average molecular weight is 463 g/mol. The number of hydrogen-bond donors (Lipinski definition) is 1. The number of nitrogens with one attached hydrogen (secondary N) is 1. The Hall–Kier alpha value is -1.56. The Balaban J connectivity index is 1.69. The number of hydroxylamine groups is 1. The number of ether oxygens (including phenoxy) is 2. The number of halogens is 4. The molecule has 0 atom stereocenters. The minimum atomic E-state index is 0.130. The van der Waals surface area contributed by atoms with Crippen LogP contribution in [0.25, 0.3) is 0 Å². The normalized spacial score (nSPS) is 10.7. The molecule has 150 valence electrons. The molecule has 0 radical (unpaired) electrons. The summed E-state index contributed by atoms with van der Waals surface area (Å²) in [5.41, 5.74) is 3.85. The summed E-state index contributed by atoms with van der Waals surface area (Å²) in [5.74, 6) is 0.899. The largest absolute Gasteiger partial charge is 0.490 e. The number of hydrogen-bond acceptors (Lipinski definition) is 4. The first kappa shape index (κ1) is 22.7. The number of rotatable bonds is 11. The molecule has 0 aromatic heterocycles. The van der Waals surface area contributed by atoms with Crippen LogP contribution < -0.4 is 15.0 Å². The van der Waals surface area contributed by atoms with Gasteiger partial charge in [0.2, 0.25) is 0 Å². The molecule has 2 aromatic rings. The van der Waals surface area contributed by atoms with E-state index in [1.165, 1.54) is 6.08 Å². The van der Waals surface area contributed by atoms with Crippen molar-refractivity contribution >= 4 is 46.4 Å². The predicted octanol–water partition coefficient (Wildman–Crippen LogP) is 6.70. The molecular weight excluding hydrogens is 444 g/mol. The van der Waals surface area contributed by atoms with Crippen LogP contribution in [0, 0.1) is 0 Å². The van der Waals surface area contributed by atoms with Gasteiger partial charge < -0.3 is 9.47 Å². The Morgan fingerprint density at radius 1 is 1.00 bits per heavy atom. The zero-order valence-corrected chi connectivity index (χ0v) is 17.9. The molecule has 2 aromatic carbocycles. The zero-order valence-electron chi connectivity index (χ0n) is 14.8. The molecule has 0 bridgehead atoms. The first-order chi connectivity index (χ1) is 13.6. The molecule has 0 unspecified atom stereocenters. The maximum absolute atomic E-state index is 6.21. The minimum absolute atomic E-state index is 0.130. The van der Waals surface area contributed by atoms with Gasteiger partial charge in [0.1, 0.15) is 16.8 Å². The summed E-state index contributed by atoms with van der Waals surface area (Å²) < 4.78 is 11.2. The van der Waals surface area contributed by atoms with E-state index < -0.39 is 0 Å². The van der Waals surface area contributed by atoms with Gasteiger partial charge in [-0.05, 0) is 11.6 Å². The molecule has 1 N–H and O–H groups in total. The van der Waals surface area contributed by atoms with Crippen LogP contribution >= 0.6 is 46.4 Å². The number of benzene rings is 2. The van der Waals surface area contributed by atoms with E-state index in [1.807, 2.05) is 36.4 Å². The fourth-order valence-corrected chi connectivity index (χ4v) is 2.77. The first-order valence-corrected chi connectivity index (χ1v) is 9.89. The third-order valence-electron chi connectivity index (χ3n) is 3.34. The van der Waals surface area contributed by atoms with Crippen molar-refractivity contribution in [3.63, 3.8) is 0 Å². The van der Waals surface area contributed by atoms with Gasteiger partial charge in [-0.1, -0.05) is 82.8 Å². The van der Waals surface area contributed by atoms with Gasteiger partial charge in [-0.15, -0.1) is 0 Å². The van der Waals surface area contributed by atoms with Gasteiger partial charge in [0, 0.05) is 24.8 Å². The minimum Gasteiger partial charge on any atom is -0.490 e. The molecule has 0 saturated heterocycles. The van der Waals surface area contributed by atoms with Crippen molar-refractivity contribution in [2.75, 3.05) is 13.2 Å². The Bertz CT molecular complexity index is 770. The van der Waals surface area contributed by atoms with Crippen LogP contribution in [0.15, 0.2) is 65.3 Å². The summed E-state index contributed by atoms with van der Waals surface area (Å²) in [6.07, 6.45) is 5.75. The van der Waals surface area contributed by atoms with Crippen molar-refractivity contribution in [3.05, 3.63) is 80.9 Å². The van der Waals surface area contributed by atoms with E-state index in [0.29, 0.717) is 41.2 Å². The molecule has 0 aliphatic carbocycles. The van der Waals surface area contributed by atoms with Crippen molar-refractivity contribution in [2.45, 2.75) is 13.0 Å². The van der Waals surface area contributed by atoms with Gasteiger partial charge in [0.05, 0.1) is 23.3 Å². The highest BCUT2D eigenvalue weighted by Gasteiger charge is 2.10. The zero-order chi connectivity index (χ0) is 20.2. The van der Waals surface area contributed by atoms with Crippen molar-refractivity contribution in [1.82, 2.24) is 5.48 Å². The highest BCUT2D eigenvalue weighted by atomic mass is 35.5. The highest BCUT2D eigenvalue weighted by Crippen LogP contribution is 2.37. The van der Waals surface area contributed by atoms with Crippen LogP contribution in [0.2, 0.25) is 10.0 Å². The Morgan fingerprint density at radius 3 is 2.39 bits per heavy atom. The second kappa shape index (κ2) is 12.8. The van der Waals surface area contributed by atoms with E-state index in [-0.39, 0.29) is 11.1 Å². The molecule has 28 heavy (non-hydrogen) atoms. The van der Waals surface area contributed by atoms with Crippen LogP contribution in [0.1, 0.15) is 12.0 Å². The lowest BCUT2D eigenvalue weighted by molar-refractivity contribution is 0.0573. The fraction of sp³-hybridized carbons (Fsp3) is 0.200. The molecule has 0 fully saturated rings. The standard InChI is InChI=1S/C20H19Cl4NO3/c21-17-12-16(26-11-8-19(23)24)13-18(22)20(17)27-10-5-4-9-25-28-14-15-6-2-1-3-7-15/h1-4,6-9,12-13,25H,5,10-11,14H2. The topological polar surface area (TPSA) is 39.7 Å². The highest BCUT2D eigenvalue weighted by molar-refractivity contribution is 6.55. The smallest absolute Gasteiger partial charge is 0.156 e. The van der Waals surface area contributed by atoms with Crippen molar-refractivity contribution in [1.29, 1.82) is 0 Å². The second-order valence-corrected chi connectivity index (χ2v) is 7.27. The first-order valence-electron chi connectivity index (χ1n) is 8.38. The summed E-state index contributed by atoms with van der Waals surface area (Å²) in [7, 11) is 0. The summed E-state index contributed by atoms with van der Waals surface area (Å²) in [4.78, 5) is 5.33. The Morgan fingerprint density at radius 2 is 1.71 bits per heavy atom.